The van der Waals surface area contributed by atoms with Crippen molar-refractivity contribution in [2.45, 2.75) is 25.3 Å². The van der Waals surface area contributed by atoms with Gasteiger partial charge in [-0.2, -0.15) is 5.10 Å². The van der Waals surface area contributed by atoms with Gasteiger partial charge in [0.1, 0.15) is 5.82 Å². The molecule has 2 aromatic heterocycles. The Balaban J connectivity index is 1.75. The lowest BCUT2D eigenvalue weighted by Crippen LogP contribution is -2.24. The van der Waals surface area contributed by atoms with Crippen molar-refractivity contribution in [2.75, 3.05) is 11.9 Å². The molecule has 4 rings (SSSR count). The first-order valence-electron chi connectivity index (χ1n) is 6.65. The lowest BCUT2D eigenvalue weighted by molar-refractivity contribution is 0.376. The topological polar surface area (TPSA) is 42.7 Å². The molecule has 1 aliphatic heterocycles. The van der Waals surface area contributed by atoms with Crippen LogP contribution in [0.2, 0.25) is 0 Å². The second kappa shape index (κ2) is 3.83. The van der Waals surface area contributed by atoms with Crippen LogP contribution in [0.5, 0.6) is 0 Å². The molecular formula is C14H16N4. The Hall–Kier alpha value is -1.84. The van der Waals surface area contributed by atoms with Gasteiger partial charge in [-0.15, -0.1) is 0 Å². The Labute approximate surface area is 106 Å². The van der Waals surface area contributed by atoms with Crippen LogP contribution in [-0.2, 0) is 0 Å². The molecule has 4 nitrogen and oxygen atoms in total. The summed E-state index contributed by atoms with van der Waals surface area (Å²) in [5.74, 6) is 2.03. The first-order valence-corrected chi connectivity index (χ1v) is 6.65. The molecule has 2 aromatic rings. The smallest absolute Gasteiger partial charge is 0.125 e. The fourth-order valence-electron chi connectivity index (χ4n) is 2.83. The fourth-order valence-corrected chi connectivity index (χ4v) is 2.83. The number of anilines is 1. The highest BCUT2D eigenvalue weighted by Gasteiger charge is 2.35. The molecule has 0 amide bonds. The van der Waals surface area contributed by atoms with Gasteiger partial charge in [0.15, 0.2) is 0 Å². The van der Waals surface area contributed by atoms with Crippen LogP contribution in [0, 0.1) is 5.92 Å². The van der Waals surface area contributed by atoms with E-state index in [9.17, 15) is 0 Å². The van der Waals surface area contributed by atoms with Crippen molar-refractivity contribution in [3.63, 3.8) is 0 Å². The van der Waals surface area contributed by atoms with Crippen LogP contribution in [0.1, 0.15) is 25.3 Å². The van der Waals surface area contributed by atoms with Gasteiger partial charge in [-0.25, -0.2) is 4.68 Å². The molecule has 1 N–H and O–H groups in total. The number of fused-ring (bicyclic) bond motifs is 1. The van der Waals surface area contributed by atoms with Crippen molar-refractivity contribution < 1.29 is 0 Å². The van der Waals surface area contributed by atoms with E-state index in [0.29, 0.717) is 6.04 Å². The fraction of sp³-hybridized carbons (Fsp3) is 0.429. The molecule has 0 bridgehead atoms. The maximum Gasteiger partial charge on any atom is 0.125 e. The van der Waals surface area contributed by atoms with Gasteiger partial charge < -0.3 is 5.32 Å². The number of pyridine rings is 1. The maximum atomic E-state index is 4.79. The highest BCUT2D eigenvalue weighted by molar-refractivity contribution is 5.62. The number of nitrogens with one attached hydrogen (secondary N) is 1. The van der Waals surface area contributed by atoms with Crippen molar-refractivity contribution >= 4 is 5.82 Å². The van der Waals surface area contributed by atoms with Gasteiger partial charge in [0.25, 0.3) is 0 Å². The molecule has 1 atom stereocenters. The summed E-state index contributed by atoms with van der Waals surface area (Å²) < 4.78 is 2.21. The Bertz CT molecular complexity index is 556. The molecule has 18 heavy (non-hydrogen) atoms. The highest BCUT2D eigenvalue weighted by Crippen LogP contribution is 2.44. The van der Waals surface area contributed by atoms with Crippen molar-refractivity contribution in [2.24, 2.45) is 5.92 Å². The largest absolute Gasteiger partial charge is 0.370 e. The van der Waals surface area contributed by atoms with Crippen molar-refractivity contribution in [3.8, 4) is 11.3 Å². The average molecular weight is 240 g/mol. The third-order valence-electron chi connectivity index (χ3n) is 3.94. The number of aromatic nitrogens is 3. The van der Waals surface area contributed by atoms with E-state index in [-0.39, 0.29) is 0 Å². The van der Waals surface area contributed by atoms with E-state index in [1.807, 2.05) is 24.5 Å². The van der Waals surface area contributed by atoms with E-state index in [0.717, 1.165) is 23.7 Å². The van der Waals surface area contributed by atoms with Crippen LogP contribution in [0.4, 0.5) is 5.82 Å². The third kappa shape index (κ3) is 1.60. The molecule has 1 aliphatic carbocycles. The second-order valence-electron chi connectivity index (χ2n) is 5.22. The maximum absolute atomic E-state index is 4.79. The first kappa shape index (κ1) is 10.1. The van der Waals surface area contributed by atoms with E-state index >= 15 is 0 Å². The Kier molecular flexibility index (Phi) is 2.15. The summed E-state index contributed by atoms with van der Waals surface area (Å²) >= 11 is 0. The summed E-state index contributed by atoms with van der Waals surface area (Å²) in [7, 11) is 0. The molecule has 0 spiro atoms. The molecule has 2 aliphatic rings. The summed E-state index contributed by atoms with van der Waals surface area (Å²) in [4.78, 5) is 4.06. The zero-order valence-corrected chi connectivity index (χ0v) is 10.2. The molecule has 4 heteroatoms. The van der Waals surface area contributed by atoms with Crippen LogP contribution in [0.15, 0.2) is 30.6 Å². The third-order valence-corrected chi connectivity index (χ3v) is 3.94. The number of rotatable bonds is 2. The predicted molar refractivity (Wildman–Crippen MR) is 70.3 cm³/mol. The quantitative estimate of drug-likeness (QED) is 0.877. The monoisotopic (exact) mass is 240 g/mol. The lowest BCUT2D eigenvalue weighted by atomic mass is 10.1. The Morgan fingerprint density at radius 2 is 2.00 bits per heavy atom. The van der Waals surface area contributed by atoms with E-state index in [2.05, 4.69) is 21.0 Å². The van der Waals surface area contributed by atoms with E-state index in [1.54, 1.807) is 0 Å². The van der Waals surface area contributed by atoms with E-state index < -0.39 is 0 Å². The number of nitrogens with zero attached hydrogens (tertiary/aromatic N) is 3. The number of hydrogen-bond acceptors (Lipinski definition) is 3. The van der Waals surface area contributed by atoms with Gasteiger partial charge in [0.2, 0.25) is 0 Å². The summed E-state index contributed by atoms with van der Waals surface area (Å²) in [5.41, 5.74) is 2.19. The van der Waals surface area contributed by atoms with Crippen LogP contribution < -0.4 is 5.32 Å². The van der Waals surface area contributed by atoms with Gasteiger partial charge in [-0.1, -0.05) is 0 Å². The van der Waals surface area contributed by atoms with Crippen LogP contribution >= 0.6 is 0 Å². The van der Waals surface area contributed by atoms with Gasteiger partial charge in [-0.3, -0.25) is 4.98 Å². The SMILES string of the molecule is c1cc(-c2cc3n(n2)C(C2CC2)CCN3)ccn1. The first-order chi connectivity index (χ1) is 8.92. The molecule has 1 fully saturated rings. The summed E-state index contributed by atoms with van der Waals surface area (Å²) in [5, 5.41) is 8.24. The van der Waals surface area contributed by atoms with Gasteiger partial charge in [-0.05, 0) is 37.3 Å². The molecule has 0 saturated heterocycles. The predicted octanol–water partition coefficient (Wildman–Crippen LogP) is 2.71. The minimum Gasteiger partial charge on any atom is -0.370 e. The molecule has 1 unspecified atom stereocenters. The minimum absolute atomic E-state index is 0.608. The van der Waals surface area contributed by atoms with E-state index in [4.69, 9.17) is 5.10 Å². The summed E-state index contributed by atoms with van der Waals surface area (Å²) in [6.45, 7) is 1.07. The standard InChI is InChI=1S/C14H16N4/c1-2-11(1)13-5-8-16-14-9-12(17-18(13)14)10-3-6-15-7-4-10/h3-4,6-7,9,11,13,16H,1-2,5,8H2. The molecule has 1 saturated carbocycles. The van der Waals surface area contributed by atoms with Crippen LogP contribution in [-0.4, -0.2) is 21.3 Å². The molecular weight excluding hydrogens is 224 g/mol. The molecule has 0 aromatic carbocycles. The highest BCUT2D eigenvalue weighted by atomic mass is 15.4. The Morgan fingerprint density at radius 1 is 1.17 bits per heavy atom. The zero-order chi connectivity index (χ0) is 11.9. The normalized spacial score (nSPS) is 22.3. The van der Waals surface area contributed by atoms with Crippen LogP contribution in [0.3, 0.4) is 0 Å². The zero-order valence-electron chi connectivity index (χ0n) is 10.2. The lowest BCUT2D eigenvalue weighted by Gasteiger charge is -2.25. The van der Waals surface area contributed by atoms with Gasteiger partial charge in [0, 0.05) is 30.6 Å². The second-order valence-corrected chi connectivity index (χ2v) is 5.22. The summed E-state index contributed by atoms with van der Waals surface area (Å²) in [6, 6.07) is 6.79. The van der Waals surface area contributed by atoms with Crippen LogP contribution in [0.25, 0.3) is 11.3 Å². The van der Waals surface area contributed by atoms with Crippen molar-refractivity contribution in [3.05, 3.63) is 30.6 Å². The van der Waals surface area contributed by atoms with Crippen molar-refractivity contribution in [1.82, 2.24) is 14.8 Å². The minimum atomic E-state index is 0.608. The van der Waals surface area contributed by atoms with Gasteiger partial charge >= 0.3 is 0 Å². The van der Waals surface area contributed by atoms with Crippen molar-refractivity contribution in [1.29, 1.82) is 0 Å². The molecule has 92 valence electrons. The van der Waals surface area contributed by atoms with Gasteiger partial charge in [0.05, 0.1) is 11.7 Å². The van der Waals surface area contributed by atoms with E-state index in [1.165, 1.54) is 25.1 Å². The number of hydrogen-bond donors (Lipinski definition) is 1. The summed E-state index contributed by atoms with van der Waals surface area (Å²) in [6.07, 6.45) is 7.58. The average Bonchev–Trinajstić information content (AvgIpc) is 3.17. The Morgan fingerprint density at radius 3 is 2.78 bits per heavy atom. The molecule has 0 radical (unpaired) electrons. The molecule has 3 heterocycles.